The second-order valence-electron chi connectivity index (χ2n) is 5.18. The summed E-state index contributed by atoms with van der Waals surface area (Å²) in [6.07, 6.45) is 1.29. The van der Waals surface area contributed by atoms with Crippen LogP contribution in [0.2, 0.25) is 0 Å². The van der Waals surface area contributed by atoms with Crippen molar-refractivity contribution in [2.75, 3.05) is 0 Å². The van der Waals surface area contributed by atoms with Gasteiger partial charge in [-0.15, -0.1) is 0 Å². The first-order chi connectivity index (χ1) is 10.6. The van der Waals surface area contributed by atoms with Crippen LogP contribution in [0.1, 0.15) is 25.8 Å². The molecular formula is C15H14Cl2F4O2. The van der Waals surface area contributed by atoms with Crippen LogP contribution < -0.4 is 0 Å². The van der Waals surface area contributed by atoms with E-state index in [1.807, 2.05) is 13.8 Å². The predicted molar refractivity (Wildman–Crippen MR) is 78.8 cm³/mol. The van der Waals surface area contributed by atoms with Gasteiger partial charge in [0.2, 0.25) is 0 Å². The zero-order valence-corrected chi connectivity index (χ0v) is 13.8. The third-order valence-electron chi connectivity index (χ3n) is 3.18. The van der Waals surface area contributed by atoms with Crippen molar-refractivity contribution in [3.05, 3.63) is 45.5 Å². The molecule has 0 bridgehead atoms. The third-order valence-corrected chi connectivity index (χ3v) is 3.43. The minimum Gasteiger partial charge on any atom is -0.461 e. The summed E-state index contributed by atoms with van der Waals surface area (Å²) in [4.78, 5) is 11.7. The van der Waals surface area contributed by atoms with Crippen LogP contribution in [0.5, 0.6) is 0 Å². The highest BCUT2D eigenvalue weighted by atomic mass is 35.5. The van der Waals surface area contributed by atoms with Gasteiger partial charge in [-0.3, -0.25) is 4.79 Å². The maximum absolute atomic E-state index is 13.4. The Morgan fingerprint density at radius 3 is 2.13 bits per heavy atom. The average Bonchev–Trinajstić information content (AvgIpc) is 2.44. The van der Waals surface area contributed by atoms with Crippen molar-refractivity contribution < 1.29 is 27.1 Å². The van der Waals surface area contributed by atoms with Gasteiger partial charge in [0.15, 0.2) is 23.3 Å². The van der Waals surface area contributed by atoms with E-state index in [0.29, 0.717) is 0 Å². The first-order valence-electron chi connectivity index (χ1n) is 6.63. The number of hydrogen-bond donors (Lipinski definition) is 0. The smallest absolute Gasteiger partial charge is 0.306 e. The number of halogens is 6. The SMILES string of the molecule is CC(C)[C@H](C=C(Cl)Cl)CC(=O)OCc1c(F)c(F)cc(F)c1F. The molecule has 0 N–H and O–H groups in total. The van der Waals surface area contributed by atoms with Crippen LogP contribution in [0.3, 0.4) is 0 Å². The Morgan fingerprint density at radius 2 is 1.70 bits per heavy atom. The molecule has 0 aliphatic heterocycles. The zero-order chi connectivity index (χ0) is 17.7. The first-order valence-corrected chi connectivity index (χ1v) is 7.39. The van der Waals surface area contributed by atoms with Crippen molar-refractivity contribution in [3.63, 3.8) is 0 Å². The molecule has 1 rings (SSSR count). The number of ether oxygens (including phenoxy) is 1. The van der Waals surface area contributed by atoms with Crippen molar-refractivity contribution in [2.24, 2.45) is 11.8 Å². The quantitative estimate of drug-likeness (QED) is 0.386. The van der Waals surface area contributed by atoms with Crippen molar-refractivity contribution in [2.45, 2.75) is 26.9 Å². The predicted octanol–water partition coefficient (Wildman–Crippen LogP) is 5.27. The van der Waals surface area contributed by atoms with Gasteiger partial charge in [0.1, 0.15) is 11.1 Å². The number of benzene rings is 1. The highest BCUT2D eigenvalue weighted by Gasteiger charge is 2.22. The molecule has 1 atom stereocenters. The second-order valence-corrected chi connectivity index (χ2v) is 6.18. The van der Waals surface area contributed by atoms with Gasteiger partial charge in [0.05, 0.1) is 12.0 Å². The van der Waals surface area contributed by atoms with Gasteiger partial charge in [-0.2, -0.15) is 0 Å². The molecule has 128 valence electrons. The van der Waals surface area contributed by atoms with Crippen LogP contribution in [-0.4, -0.2) is 5.97 Å². The van der Waals surface area contributed by atoms with E-state index in [-0.39, 0.29) is 28.8 Å². The van der Waals surface area contributed by atoms with Crippen LogP contribution in [0.15, 0.2) is 16.6 Å². The van der Waals surface area contributed by atoms with Crippen LogP contribution >= 0.6 is 23.2 Å². The zero-order valence-electron chi connectivity index (χ0n) is 12.3. The van der Waals surface area contributed by atoms with Crippen LogP contribution in [0, 0.1) is 35.1 Å². The van der Waals surface area contributed by atoms with Crippen LogP contribution in [-0.2, 0) is 16.1 Å². The number of rotatable bonds is 6. The van der Waals surface area contributed by atoms with Crippen molar-refractivity contribution in [3.8, 4) is 0 Å². The van der Waals surface area contributed by atoms with Gasteiger partial charge in [-0.05, 0) is 11.8 Å². The van der Waals surface area contributed by atoms with Crippen molar-refractivity contribution in [1.29, 1.82) is 0 Å². The largest absolute Gasteiger partial charge is 0.461 e. The number of allylic oxidation sites excluding steroid dienone is 1. The molecule has 0 aliphatic carbocycles. The number of carbonyl (C=O) groups excluding carboxylic acids is 1. The monoisotopic (exact) mass is 372 g/mol. The van der Waals surface area contributed by atoms with E-state index in [1.54, 1.807) is 0 Å². The van der Waals surface area contributed by atoms with Gasteiger partial charge in [-0.25, -0.2) is 17.6 Å². The summed E-state index contributed by atoms with van der Waals surface area (Å²) in [6, 6.07) is 0.0814. The van der Waals surface area contributed by atoms with Crippen molar-refractivity contribution >= 4 is 29.2 Å². The molecule has 0 unspecified atom stereocenters. The van der Waals surface area contributed by atoms with Crippen LogP contribution in [0.4, 0.5) is 17.6 Å². The summed E-state index contributed by atoms with van der Waals surface area (Å²) in [5.41, 5.74) is -0.983. The Bertz CT molecular complexity index is 588. The molecule has 0 heterocycles. The summed E-state index contributed by atoms with van der Waals surface area (Å²) in [6.45, 7) is 2.70. The minimum atomic E-state index is -1.60. The Kier molecular flexibility index (Phi) is 7.35. The lowest BCUT2D eigenvalue weighted by atomic mass is 9.93. The highest BCUT2D eigenvalue weighted by molar-refractivity contribution is 6.55. The third kappa shape index (κ3) is 5.70. The number of carbonyl (C=O) groups is 1. The first kappa shape index (κ1) is 19.8. The molecule has 1 aromatic rings. The molecule has 2 nitrogen and oxygen atoms in total. The maximum Gasteiger partial charge on any atom is 0.306 e. The highest BCUT2D eigenvalue weighted by Crippen LogP contribution is 2.24. The summed E-state index contributed by atoms with van der Waals surface area (Å²) in [5.74, 6) is -7.49. The fourth-order valence-electron chi connectivity index (χ4n) is 1.80. The molecule has 0 radical (unpaired) electrons. The lowest BCUT2D eigenvalue weighted by molar-refractivity contribution is -0.146. The molecule has 1 aromatic carbocycles. The van der Waals surface area contributed by atoms with Gasteiger partial charge >= 0.3 is 5.97 Å². The van der Waals surface area contributed by atoms with Gasteiger partial charge in [0, 0.05) is 6.07 Å². The Hall–Kier alpha value is -1.27. The lowest BCUT2D eigenvalue weighted by Crippen LogP contribution is -2.16. The van der Waals surface area contributed by atoms with E-state index < -0.39 is 41.4 Å². The molecule has 0 amide bonds. The molecule has 23 heavy (non-hydrogen) atoms. The lowest BCUT2D eigenvalue weighted by Gasteiger charge is -2.16. The minimum absolute atomic E-state index is 0.00450. The van der Waals surface area contributed by atoms with Gasteiger partial charge in [0.25, 0.3) is 0 Å². The van der Waals surface area contributed by atoms with Gasteiger partial charge < -0.3 is 4.74 Å². The summed E-state index contributed by atoms with van der Waals surface area (Å²) in [5, 5.41) is 0. The molecule has 0 aliphatic rings. The summed E-state index contributed by atoms with van der Waals surface area (Å²) in [7, 11) is 0. The number of hydrogen-bond acceptors (Lipinski definition) is 2. The molecule has 0 fully saturated rings. The van der Waals surface area contributed by atoms with E-state index in [4.69, 9.17) is 27.9 Å². The standard InChI is InChI=1S/C15H14Cl2F4O2/c1-7(2)8(3-12(16)17)4-13(22)23-6-9-14(20)10(18)5-11(19)15(9)21/h3,5,7-8H,4,6H2,1-2H3/t8-/m1/s1. The van der Waals surface area contributed by atoms with Crippen LogP contribution in [0.25, 0.3) is 0 Å². The second kappa shape index (κ2) is 8.55. The van der Waals surface area contributed by atoms with E-state index in [2.05, 4.69) is 0 Å². The average molecular weight is 373 g/mol. The topological polar surface area (TPSA) is 26.3 Å². The Balaban J connectivity index is 2.79. The van der Waals surface area contributed by atoms with E-state index in [9.17, 15) is 22.4 Å². The van der Waals surface area contributed by atoms with E-state index in [1.165, 1.54) is 6.08 Å². The Labute approximate surface area is 141 Å². The molecular weight excluding hydrogens is 359 g/mol. The molecule has 0 saturated heterocycles. The Morgan fingerprint density at radius 1 is 1.17 bits per heavy atom. The van der Waals surface area contributed by atoms with E-state index in [0.717, 1.165) is 0 Å². The van der Waals surface area contributed by atoms with Crippen molar-refractivity contribution in [1.82, 2.24) is 0 Å². The molecule has 0 spiro atoms. The summed E-state index contributed by atoms with van der Waals surface area (Å²) < 4.78 is 57.6. The molecule has 0 aromatic heterocycles. The summed E-state index contributed by atoms with van der Waals surface area (Å²) >= 11 is 11.1. The van der Waals surface area contributed by atoms with E-state index >= 15 is 0 Å². The van der Waals surface area contributed by atoms with Gasteiger partial charge in [-0.1, -0.05) is 43.1 Å². The maximum atomic E-state index is 13.4. The molecule has 8 heteroatoms. The fraction of sp³-hybridized carbons (Fsp3) is 0.400. The molecule has 0 saturated carbocycles. The normalized spacial score (nSPS) is 12.2. The number of esters is 1. The fourth-order valence-corrected chi connectivity index (χ4v) is 2.13.